The Hall–Kier alpha value is -2.03. The van der Waals surface area contributed by atoms with Crippen molar-refractivity contribution >= 4 is 39.7 Å². The van der Waals surface area contributed by atoms with Crippen molar-refractivity contribution in [2.45, 2.75) is 24.5 Å². The zero-order valence-electron chi connectivity index (χ0n) is 13.5. The van der Waals surface area contributed by atoms with Gasteiger partial charge in [0.1, 0.15) is 11.6 Å². The van der Waals surface area contributed by atoms with Crippen LogP contribution in [-0.4, -0.2) is 5.91 Å². The topological polar surface area (TPSA) is 66.9 Å². The van der Waals surface area contributed by atoms with Gasteiger partial charge in [0.05, 0.1) is 0 Å². The van der Waals surface area contributed by atoms with Crippen LogP contribution in [0.2, 0.25) is 0 Å². The van der Waals surface area contributed by atoms with Crippen LogP contribution >= 0.6 is 27.7 Å². The smallest absolute Gasteiger partial charge is 0.259 e. The van der Waals surface area contributed by atoms with E-state index in [0.717, 1.165) is 21.4 Å². The molecule has 1 amide bonds. The Bertz CT molecular complexity index is 836. The van der Waals surface area contributed by atoms with Crippen LogP contribution in [0, 0.1) is 25.2 Å². The van der Waals surface area contributed by atoms with E-state index in [1.807, 2.05) is 31.2 Å². The number of hydrogen-bond acceptors (Lipinski definition) is 3. The van der Waals surface area contributed by atoms with E-state index >= 15 is 0 Å². The Morgan fingerprint density at radius 3 is 2.50 bits per heavy atom. The van der Waals surface area contributed by atoms with Crippen molar-refractivity contribution in [3.63, 3.8) is 0 Å². The summed E-state index contributed by atoms with van der Waals surface area (Å²) in [4.78, 5) is 12.4. The van der Waals surface area contributed by atoms with E-state index in [0.29, 0.717) is 0 Å². The molecule has 0 atom stereocenters. The summed E-state index contributed by atoms with van der Waals surface area (Å²) in [5, 5.41) is 9.02. The molecule has 0 aromatic heterocycles. The van der Waals surface area contributed by atoms with Crippen molar-refractivity contribution in [3.05, 3.63) is 68.7 Å². The van der Waals surface area contributed by atoms with Gasteiger partial charge >= 0.3 is 0 Å². The second-order valence-electron chi connectivity index (χ2n) is 5.41. The molecule has 5 heteroatoms. The fraction of sp³-hybridized carbons (Fsp3) is 0.158. The molecule has 0 radical (unpaired) electrons. The number of hydrogen-bond donors (Lipinski definition) is 1. The molecule has 0 saturated heterocycles. The number of primary amides is 1. The highest BCUT2D eigenvalue weighted by Crippen LogP contribution is 2.27. The molecular formula is C19H17BrN2OS. The van der Waals surface area contributed by atoms with Crippen molar-refractivity contribution in [2.24, 2.45) is 5.73 Å². The fourth-order valence-electron chi connectivity index (χ4n) is 2.23. The second kappa shape index (κ2) is 8.18. The first-order valence-electron chi connectivity index (χ1n) is 7.31. The molecule has 2 aromatic carbocycles. The summed E-state index contributed by atoms with van der Waals surface area (Å²) in [5.41, 5.74) is 9.41. The van der Waals surface area contributed by atoms with Gasteiger partial charge in [-0.2, -0.15) is 5.26 Å². The van der Waals surface area contributed by atoms with Crippen molar-refractivity contribution in [3.8, 4) is 6.07 Å². The lowest BCUT2D eigenvalue weighted by molar-refractivity contribution is -0.114. The third-order valence-electron chi connectivity index (χ3n) is 3.62. The SMILES string of the molecule is Cc1cc(C)c(CSc2ccc(Br)cc2)cc1/C=C(\C#N)C(N)=O. The van der Waals surface area contributed by atoms with E-state index in [1.54, 1.807) is 17.8 Å². The summed E-state index contributed by atoms with van der Waals surface area (Å²) >= 11 is 5.18. The standard InChI is InChI=1S/C19H17BrN2OS/c1-12-7-13(2)16(9-14(12)8-15(10-21)19(22)23)11-24-18-5-3-17(20)4-6-18/h3-9H,11H2,1-2H3,(H2,22,23)/b15-8+. The van der Waals surface area contributed by atoms with E-state index in [1.165, 1.54) is 16.0 Å². The highest BCUT2D eigenvalue weighted by molar-refractivity contribution is 9.10. The van der Waals surface area contributed by atoms with Gasteiger partial charge in [0, 0.05) is 15.1 Å². The largest absolute Gasteiger partial charge is 0.365 e. The molecule has 2 N–H and O–H groups in total. The average molecular weight is 401 g/mol. The predicted molar refractivity (Wildman–Crippen MR) is 102 cm³/mol. The van der Waals surface area contributed by atoms with E-state index in [4.69, 9.17) is 11.0 Å². The van der Waals surface area contributed by atoms with Crippen LogP contribution in [-0.2, 0) is 10.5 Å². The number of nitrogens with zero attached hydrogens (tertiary/aromatic N) is 1. The van der Waals surface area contributed by atoms with Crippen molar-refractivity contribution in [1.82, 2.24) is 0 Å². The van der Waals surface area contributed by atoms with Crippen LogP contribution in [0.3, 0.4) is 0 Å². The molecule has 0 saturated carbocycles. The van der Waals surface area contributed by atoms with E-state index in [2.05, 4.69) is 41.1 Å². The van der Waals surface area contributed by atoms with Crippen molar-refractivity contribution in [1.29, 1.82) is 5.26 Å². The average Bonchev–Trinajstić information content (AvgIpc) is 2.54. The summed E-state index contributed by atoms with van der Waals surface area (Å²) in [6.07, 6.45) is 1.56. The fourth-order valence-corrected chi connectivity index (χ4v) is 3.46. The number of aryl methyl sites for hydroxylation is 2. The lowest BCUT2D eigenvalue weighted by Gasteiger charge is -2.10. The maximum atomic E-state index is 11.3. The number of rotatable bonds is 5. The third kappa shape index (κ3) is 4.73. The molecule has 0 aliphatic heterocycles. The molecule has 0 aliphatic rings. The number of benzene rings is 2. The van der Waals surface area contributed by atoms with Gasteiger partial charge in [-0.25, -0.2) is 0 Å². The van der Waals surface area contributed by atoms with Gasteiger partial charge in [-0.3, -0.25) is 4.79 Å². The number of carbonyl (C=O) groups is 1. The van der Waals surface area contributed by atoms with E-state index < -0.39 is 5.91 Å². The van der Waals surface area contributed by atoms with Crippen LogP contribution in [0.5, 0.6) is 0 Å². The minimum atomic E-state index is -0.705. The molecule has 0 spiro atoms. The van der Waals surface area contributed by atoms with Gasteiger partial charge in [0.25, 0.3) is 5.91 Å². The first-order chi connectivity index (χ1) is 11.4. The number of nitrogens with two attached hydrogens (primary N) is 1. The molecule has 0 bridgehead atoms. The van der Waals surface area contributed by atoms with Gasteiger partial charge in [0.2, 0.25) is 0 Å². The molecule has 2 rings (SSSR count). The summed E-state index contributed by atoms with van der Waals surface area (Å²) in [6, 6.07) is 14.1. The monoisotopic (exact) mass is 400 g/mol. The number of carbonyl (C=O) groups excluding carboxylic acids is 1. The summed E-state index contributed by atoms with van der Waals surface area (Å²) < 4.78 is 1.06. The maximum absolute atomic E-state index is 11.3. The quantitative estimate of drug-likeness (QED) is 0.447. The van der Waals surface area contributed by atoms with E-state index in [-0.39, 0.29) is 5.57 Å². The normalized spacial score (nSPS) is 11.2. The first-order valence-corrected chi connectivity index (χ1v) is 9.08. The Kier molecular flexibility index (Phi) is 6.24. The van der Waals surface area contributed by atoms with Gasteiger partial charge in [-0.15, -0.1) is 11.8 Å². The lowest BCUT2D eigenvalue weighted by Crippen LogP contribution is -2.12. The minimum absolute atomic E-state index is 0.0338. The molecule has 24 heavy (non-hydrogen) atoms. The maximum Gasteiger partial charge on any atom is 0.259 e. The van der Waals surface area contributed by atoms with Gasteiger partial charge < -0.3 is 5.73 Å². The number of nitriles is 1. The van der Waals surface area contributed by atoms with Crippen molar-refractivity contribution in [2.75, 3.05) is 0 Å². The molecule has 0 unspecified atom stereocenters. The van der Waals surface area contributed by atoms with Gasteiger partial charge in [0.15, 0.2) is 0 Å². The Morgan fingerprint density at radius 1 is 1.25 bits per heavy atom. The van der Waals surface area contributed by atoms with Crippen LogP contribution in [0.4, 0.5) is 0 Å². The van der Waals surface area contributed by atoms with Crippen LogP contribution in [0.1, 0.15) is 22.3 Å². The Morgan fingerprint density at radius 2 is 1.92 bits per heavy atom. The zero-order chi connectivity index (χ0) is 17.7. The van der Waals surface area contributed by atoms with Crippen LogP contribution < -0.4 is 5.73 Å². The third-order valence-corrected chi connectivity index (χ3v) is 5.21. The molecular weight excluding hydrogens is 384 g/mol. The predicted octanol–water partition coefficient (Wildman–Crippen LogP) is 4.75. The first kappa shape index (κ1) is 18.3. The molecule has 0 heterocycles. The molecule has 3 nitrogen and oxygen atoms in total. The zero-order valence-corrected chi connectivity index (χ0v) is 15.9. The Labute approximate surface area is 154 Å². The summed E-state index contributed by atoms with van der Waals surface area (Å²) in [5.74, 6) is 0.107. The summed E-state index contributed by atoms with van der Waals surface area (Å²) in [7, 11) is 0. The second-order valence-corrected chi connectivity index (χ2v) is 7.38. The van der Waals surface area contributed by atoms with Crippen LogP contribution in [0.15, 0.2) is 51.3 Å². The van der Waals surface area contributed by atoms with Crippen molar-refractivity contribution < 1.29 is 4.79 Å². The van der Waals surface area contributed by atoms with Crippen LogP contribution in [0.25, 0.3) is 6.08 Å². The molecule has 122 valence electrons. The highest BCUT2D eigenvalue weighted by atomic mass is 79.9. The van der Waals surface area contributed by atoms with Gasteiger partial charge in [-0.1, -0.05) is 28.1 Å². The minimum Gasteiger partial charge on any atom is -0.365 e. The highest BCUT2D eigenvalue weighted by Gasteiger charge is 2.08. The molecule has 2 aromatic rings. The number of thioether (sulfide) groups is 1. The lowest BCUT2D eigenvalue weighted by atomic mass is 9.99. The Balaban J connectivity index is 2.27. The molecule has 0 aliphatic carbocycles. The molecule has 0 fully saturated rings. The summed E-state index contributed by atoms with van der Waals surface area (Å²) in [6.45, 7) is 4.03. The van der Waals surface area contributed by atoms with E-state index in [9.17, 15) is 4.79 Å². The number of halogens is 1. The number of amides is 1. The van der Waals surface area contributed by atoms with Gasteiger partial charge in [-0.05, 0) is 66.4 Å².